The van der Waals surface area contributed by atoms with Crippen molar-refractivity contribution in [3.63, 3.8) is 0 Å². The van der Waals surface area contributed by atoms with Gasteiger partial charge in [0.2, 0.25) is 11.2 Å². The summed E-state index contributed by atoms with van der Waals surface area (Å²) in [6, 6.07) is 0. The van der Waals surface area contributed by atoms with Gasteiger partial charge in [0.1, 0.15) is 11.1 Å². The third-order valence-electron chi connectivity index (χ3n) is 5.91. The van der Waals surface area contributed by atoms with Gasteiger partial charge in [-0.15, -0.1) is 0 Å². The first kappa shape index (κ1) is 17.8. The molecule has 0 bridgehead atoms. The standard InChI is InChI=1S/C19H20F2N2O4/c1-3-26-18(25)10-7-23-15-11(16(10)24)14(22)12(20)13(21)17(15)27-8-9(2)19(23)5-4-6-19/h7,9H,3-6,8,22H2,1-2H3. The summed E-state index contributed by atoms with van der Waals surface area (Å²) in [5.41, 5.74) is 3.78. The van der Waals surface area contributed by atoms with E-state index in [0.717, 1.165) is 19.3 Å². The number of benzene rings is 1. The summed E-state index contributed by atoms with van der Waals surface area (Å²) in [6.45, 7) is 3.83. The first-order valence-corrected chi connectivity index (χ1v) is 8.99. The molecule has 1 aromatic carbocycles. The van der Waals surface area contributed by atoms with E-state index in [4.69, 9.17) is 15.2 Å². The zero-order valence-electron chi connectivity index (χ0n) is 15.1. The van der Waals surface area contributed by atoms with Gasteiger partial charge < -0.3 is 19.8 Å². The molecule has 1 aliphatic heterocycles. The second-order valence-electron chi connectivity index (χ2n) is 7.23. The number of ether oxygens (including phenoxy) is 2. The maximum atomic E-state index is 14.6. The van der Waals surface area contributed by atoms with E-state index in [0.29, 0.717) is 0 Å². The molecular formula is C19H20F2N2O4. The molecule has 1 unspecified atom stereocenters. The van der Waals surface area contributed by atoms with Crippen LogP contribution in [0.5, 0.6) is 5.75 Å². The van der Waals surface area contributed by atoms with Crippen molar-refractivity contribution < 1.29 is 23.0 Å². The molecule has 1 aromatic heterocycles. The van der Waals surface area contributed by atoms with Gasteiger partial charge in [-0.3, -0.25) is 4.79 Å². The lowest BCUT2D eigenvalue weighted by Gasteiger charge is -2.47. The Bertz CT molecular complexity index is 1030. The number of nitrogens with zero attached hydrogens (tertiary/aromatic N) is 1. The third-order valence-corrected chi connectivity index (χ3v) is 5.91. The van der Waals surface area contributed by atoms with Crippen LogP contribution in [0.15, 0.2) is 11.0 Å². The number of carbonyl (C=O) groups excluding carboxylic acids is 1. The Labute approximate surface area is 153 Å². The predicted octanol–water partition coefficient (Wildman–Crippen LogP) is 2.95. The minimum Gasteiger partial charge on any atom is -0.488 e. The fourth-order valence-electron chi connectivity index (χ4n) is 4.23. The molecule has 0 radical (unpaired) electrons. The number of rotatable bonds is 2. The van der Waals surface area contributed by atoms with E-state index in [2.05, 4.69) is 0 Å². The van der Waals surface area contributed by atoms with Crippen LogP contribution in [0.3, 0.4) is 0 Å². The van der Waals surface area contributed by atoms with Gasteiger partial charge in [0.25, 0.3) is 0 Å². The zero-order chi connectivity index (χ0) is 19.5. The molecule has 4 rings (SSSR count). The molecule has 1 atom stereocenters. The normalized spacial score (nSPS) is 20.1. The van der Waals surface area contributed by atoms with Crippen LogP contribution in [-0.2, 0) is 10.3 Å². The fraction of sp³-hybridized carbons (Fsp3) is 0.474. The molecule has 1 saturated carbocycles. The lowest BCUT2D eigenvalue weighted by molar-refractivity contribution is 0.0486. The molecule has 2 N–H and O–H groups in total. The van der Waals surface area contributed by atoms with Gasteiger partial charge in [0, 0.05) is 12.1 Å². The van der Waals surface area contributed by atoms with Crippen molar-refractivity contribution >= 4 is 22.6 Å². The van der Waals surface area contributed by atoms with Gasteiger partial charge >= 0.3 is 5.97 Å². The maximum Gasteiger partial charge on any atom is 0.343 e. The topological polar surface area (TPSA) is 83.5 Å². The highest BCUT2D eigenvalue weighted by molar-refractivity contribution is 6.00. The van der Waals surface area contributed by atoms with Crippen LogP contribution in [0.4, 0.5) is 14.5 Å². The maximum absolute atomic E-state index is 14.6. The van der Waals surface area contributed by atoms with Crippen molar-refractivity contribution in [2.75, 3.05) is 18.9 Å². The van der Waals surface area contributed by atoms with E-state index < -0.39 is 34.3 Å². The quantitative estimate of drug-likeness (QED) is 0.642. The van der Waals surface area contributed by atoms with Gasteiger partial charge in [-0.2, -0.15) is 4.39 Å². The molecule has 1 aliphatic carbocycles. The molecule has 1 fully saturated rings. The van der Waals surface area contributed by atoms with Gasteiger partial charge in [-0.05, 0) is 26.2 Å². The monoisotopic (exact) mass is 378 g/mol. The smallest absolute Gasteiger partial charge is 0.343 e. The Kier molecular flexibility index (Phi) is 3.90. The summed E-state index contributed by atoms with van der Waals surface area (Å²) in [6.07, 6.45) is 3.89. The fourth-order valence-corrected chi connectivity index (χ4v) is 4.23. The number of aromatic nitrogens is 1. The van der Waals surface area contributed by atoms with Crippen molar-refractivity contribution in [3.8, 4) is 5.75 Å². The van der Waals surface area contributed by atoms with Crippen LogP contribution in [0.1, 0.15) is 43.5 Å². The molecule has 2 heterocycles. The van der Waals surface area contributed by atoms with Crippen molar-refractivity contribution in [1.82, 2.24) is 4.57 Å². The van der Waals surface area contributed by atoms with Crippen LogP contribution in [0, 0.1) is 17.6 Å². The highest BCUT2D eigenvalue weighted by Crippen LogP contribution is 2.50. The summed E-state index contributed by atoms with van der Waals surface area (Å²) >= 11 is 0. The van der Waals surface area contributed by atoms with Gasteiger partial charge in [-0.1, -0.05) is 6.92 Å². The Morgan fingerprint density at radius 3 is 2.70 bits per heavy atom. The molecule has 2 aromatic rings. The van der Waals surface area contributed by atoms with Crippen molar-refractivity contribution in [2.45, 2.75) is 38.6 Å². The number of esters is 1. The minimum atomic E-state index is -1.35. The number of pyridine rings is 1. The summed E-state index contributed by atoms with van der Waals surface area (Å²) in [4.78, 5) is 25.3. The molecule has 8 heteroatoms. The highest BCUT2D eigenvalue weighted by atomic mass is 19.2. The number of nitrogen functional groups attached to an aromatic ring is 1. The Hall–Kier alpha value is -2.64. The van der Waals surface area contributed by atoms with E-state index in [1.165, 1.54) is 6.20 Å². The largest absolute Gasteiger partial charge is 0.488 e. The summed E-state index contributed by atoms with van der Waals surface area (Å²) in [5.74, 6) is -3.76. The van der Waals surface area contributed by atoms with E-state index in [9.17, 15) is 18.4 Å². The Morgan fingerprint density at radius 1 is 1.41 bits per heavy atom. The average Bonchev–Trinajstić information content (AvgIpc) is 2.72. The molecule has 27 heavy (non-hydrogen) atoms. The molecule has 2 aliphatic rings. The number of fused-ring (bicyclic) bond motifs is 1. The lowest BCUT2D eigenvalue weighted by Crippen LogP contribution is -2.48. The number of carbonyl (C=O) groups is 1. The van der Waals surface area contributed by atoms with Gasteiger partial charge in [0.05, 0.1) is 29.8 Å². The first-order valence-electron chi connectivity index (χ1n) is 8.99. The van der Waals surface area contributed by atoms with Crippen LogP contribution in [0.2, 0.25) is 0 Å². The Morgan fingerprint density at radius 2 is 2.11 bits per heavy atom. The zero-order valence-corrected chi connectivity index (χ0v) is 15.1. The van der Waals surface area contributed by atoms with Crippen molar-refractivity contribution in [1.29, 1.82) is 0 Å². The third kappa shape index (κ3) is 2.22. The van der Waals surface area contributed by atoms with E-state index in [1.54, 1.807) is 11.5 Å². The Balaban J connectivity index is 2.19. The van der Waals surface area contributed by atoms with Crippen LogP contribution in [-0.4, -0.2) is 23.8 Å². The number of nitrogens with two attached hydrogens (primary N) is 1. The van der Waals surface area contributed by atoms with Gasteiger partial charge in [-0.25, -0.2) is 9.18 Å². The highest BCUT2D eigenvalue weighted by Gasteiger charge is 2.47. The van der Waals surface area contributed by atoms with E-state index in [-0.39, 0.29) is 41.3 Å². The summed E-state index contributed by atoms with van der Waals surface area (Å²) in [7, 11) is 0. The molecular weight excluding hydrogens is 358 g/mol. The van der Waals surface area contributed by atoms with Crippen molar-refractivity contribution in [2.24, 2.45) is 5.92 Å². The number of hydrogen-bond donors (Lipinski definition) is 1. The van der Waals surface area contributed by atoms with Gasteiger partial charge in [0.15, 0.2) is 11.6 Å². The SMILES string of the molecule is CCOC(=O)c1cn2c3c(c(F)c(F)c(N)c3c1=O)OCC(C)C21CCC1. The van der Waals surface area contributed by atoms with E-state index in [1.807, 2.05) is 6.92 Å². The predicted molar refractivity (Wildman–Crippen MR) is 95.0 cm³/mol. The first-order chi connectivity index (χ1) is 12.8. The average molecular weight is 378 g/mol. The second kappa shape index (κ2) is 5.94. The molecule has 0 saturated heterocycles. The summed E-state index contributed by atoms with van der Waals surface area (Å²) < 4.78 is 41.3. The number of anilines is 1. The van der Waals surface area contributed by atoms with Crippen LogP contribution >= 0.6 is 0 Å². The molecule has 1 spiro atoms. The molecule has 0 amide bonds. The molecule has 144 valence electrons. The minimum absolute atomic E-state index is 0.0388. The number of halogens is 2. The van der Waals surface area contributed by atoms with E-state index >= 15 is 0 Å². The molecule has 6 nitrogen and oxygen atoms in total. The summed E-state index contributed by atoms with van der Waals surface area (Å²) in [5, 5.41) is -0.241. The van der Waals surface area contributed by atoms with Crippen molar-refractivity contribution in [3.05, 3.63) is 33.6 Å². The van der Waals surface area contributed by atoms with Crippen LogP contribution < -0.4 is 15.9 Å². The second-order valence-corrected chi connectivity index (χ2v) is 7.23. The van der Waals surface area contributed by atoms with Crippen LogP contribution in [0.25, 0.3) is 10.9 Å². The lowest BCUT2D eigenvalue weighted by atomic mass is 9.68. The number of hydrogen-bond acceptors (Lipinski definition) is 5.